The van der Waals surface area contributed by atoms with E-state index >= 15 is 0 Å². The molecule has 3 N–H and O–H groups in total. The molecule has 15 nitrogen and oxygen atoms in total. The highest BCUT2D eigenvalue weighted by Gasteiger charge is 2.47. The molecule has 0 bridgehead atoms. The quantitative estimate of drug-likeness (QED) is 0.208. The van der Waals surface area contributed by atoms with E-state index < -0.39 is 64.5 Å². The van der Waals surface area contributed by atoms with Crippen molar-refractivity contribution in [1.82, 2.24) is 25.3 Å². The summed E-state index contributed by atoms with van der Waals surface area (Å²) in [5.41, 5.74) is -0.256. The van der Waals surface area contributed by atoms with E-state index in [0.29, 0.717) is 36.9 Å². The maximum atomic E-state index is 13.5. The van der Waals surface area contributed by atoms with Crippen LogP contribution >= 0.6 is 0 Å². The fraction of sp³-hybridized carbons (Fsp3) is 0.444. The Morgan fingerprint density at radius 1 is 0.762 bits per heavy atom. The smallest absolute Gasteiger partial charge is 0.371 e. The number of anilines is 3. The van der Waals surface area contributed by atoms with Crippen LogP contribution in [0.1, 0.15) is 81.6 Å². The second kappa shape index (κ2) is 16.4. The van der Waals surface area contributed by atoms with E-state index in [1.54, 1.807) is 24.3 Å². The Labute approximate surface area is 361 Å². The third-order valence-electron chi connectivity index (χ3n) is 13.7. The van der Waals surface area contributed by atoms with Crippen molar-refractivity contribution in [1.29, 1.82) is 0 Å². The van der Waals surface area contributed by atoms with Gasteiger partial charge < -0.3 is 20.4 Å². The molecule has 1 atom stereocenters. The highest BCUT2D eigenvalue weighted by Crippen LogP contribution is 2.40. The topological polar surface area (TPSA) is 159 Å². The number of piperazine rings is 1. The minimum absolute atomic E-state index is 0.0742. The van der Waals surface area contributed by atoms with E-state index in [2.05, 4.69) is 40.4 Å². The summed E-state index contributed by atoms with van der Waals surface area (Å²) in [7, 11) is 0. The zero-order valence-electron chi connectivity index (χ0n) is 34.4. The molecule has 63 heavy (non-hydrogen) atoms. The molecule has 5 fully saturated rings. The van der Waals surface area contributed by atoms with Crippen molar-refractivity contribution >= 4 is 58.2 Å². The number of likely N-dealkylation sites (tertiary alicyclic amines) is 1. The summed E-state index contributed by atoms with van der Waals surface area (Å²) in [6.45, 7) is 14.1. The molecule has 9 rings (SSSR count). The van der Waals surface area contributed by atoms with Crippen LogP contribution in [0.15, 0.2) is 60.7 Å². The number of carbonyl (C=O) groups excluding carboxylic acids is 6. The average Bonchev–Trinajstić information content (AvgIpc) is 3.49. The molecule has 5 aliphatic heterocycles. The normalized spacial score (nSPS) is 22.2. The summed E-state index contributed by atoms with van der Waals surface area (Å²) < 4.78 is 40.5. The molecule has 3 aromatic carbocycles. The standard InChI is InChI=1S/C45H46F3N9O6/c1-49-36-10-5-28(23-35(36)45(46,47)48)50-43(63)44(15-2-16-44)52-39(59)27-3-6-29(7-4-27)53-17-13-30(14-18-53)56-25-32(26-56)55-21-19-54(20-22-55)31-8-9-33-34(24-31)42(62)57(41(33)61)37-11-12-38(58)51-40(37)60/h3-10,23-24,30,32,37H,2,11-22,25-26H2,(H,50,63)(H,52,59)(H,51,58,60). The first-order valence-electron chi connectivity index (χ1n) is 21.4. The van der Waals surface area contributed by atoms with E-state index in [9.17, 15) is 41.9 Å². The Balaban J connectivity index is 0.718. The van der Waals surface area contributed by atoms with Crippen molar-refractivity contribution in [3.63, 3.8) is 0 Å². The van der Waals surface area contributed by atoms with E-state index in [1.807, 2.05) is 18.2 Å². The molecule has 0 aromatic heterocycles. The maximum Gasteiger partial charge on any atom is 0.407 e. The summed E-state index contributed by atoms with van der Waals surface area (Å²) in [4.78, 5) is 90.7. The zero-order valence-corrected chi connectivity index (χ0v) is 34.4. The molecular weight excluding hydrogens is 820 g/mol. The first-order valence-corrected chi connectivity index (χ1v) is 21.4. The molecule has 0 radical (unpaired) electrons. The van der Waals surface area contributed by atoms with Crippen LogP contribution in [0.3, 0.4) is 0 Å². The van der Waals surface area contributed by atoms with Crippen LogP contribution in [0.2, 0.25) is 0 Å². The number of rotatable bonds is 9. The van der Waals surface area contributed by atoms with E-state index in [4.69, 9.17) is 6.57 Å². The zero-order chi connectivity index (χ0) is 44.2. The van der Waals surface area contributed by atoms with Gasteiger partial charge in [0.25, 0.3) is 17.7 Å². The lowest BCUT2D eigenvalue weighted by atomic mass is 9.75. The third kappa shape index (κ3) is 7.99. The third-order valence-corrected chi connectivity index (χ3v) is 13.7. The number of amides is 6. The minimum atomic E-state index is -4.76. The summed E-state index contributed by atoms with van der Waals surface area (Å²) >= 11 is 0. The van der Waals surface area contributed by atoms with Gasteiger partial charge >= 0.3 is 6.18 Å². The molecule has 1 aliphatic carbocycles. The van der Waals surface area contributed by atoms with Crippen LogP contribution in [-0.2, 0) is 20.6 Å². The Morgan fingerprint density at radius 3 is 2.06 bits per heavy atom. The van der Waals surface area contributed by atoms with Gasteiger partial charge in [-0.1, -0.05) is 6.07 Å². The fourth-order valence-electron chi connectivity index (χ4n) is 9.75. The lowest BCUT2D eigenvalue weighted by Crippen LogP contribution is -2.66. The minimum Gasteiger partial charge on any atom is -0.371 e. The molecule has 1 saturated carbocycles. The number of nitrogens with zero attached hydrogens (tertiary/aromatic N) is 6. The largest absolute Gasteiger partial charge is 0.407 e. The number of benzene rings is 3. The summed E-state index contributed by atoms with van der Waals surface area (Å²) in [6.07, 6.45) is -1.19. The molecule has 6 amide bonds. The molecule has 328 valence electrons. The van der Waals surface area contributed by atoms with Gasteiger partial charge in [-0.3, -0.25) is 48.8 Å². The maximum absolute atomic E-state index is 13.5. The van der Waals surface area contributed by atoms with E-state index in [1.165, 1.54) is 6.07 Å². The van der Waals surface area contributed by atoms with Crippen LogP contribution < -0.4 is 25.8 Å². The molecule has 4 saturated heterocycles. The van der Waals surface area contributed by atoms with Gasteiger partial charge in [0.1, 0.15) is 11.6 Å². The molecule has 5 heterocycles. The molecule has 6 aliphatic rings. The number of hydrogen-bond acceptors (Lipinski definition) is 10. The number of fused-ring (bicyclic) bond motifs is 1. The van der Waals surface area contributed by atoms with Crippen molar-refractivity contribution in [2.45, 2.75) is 74.8 Å². The number of alkyl halides is 3. The summed E-state index contributed by atoms with van der Waals surface area (Å²) in [5.74, 6) is -3.09. The van der Waals surface area contributed by atoms with Crippen molar-refractivity contribution in [2.75, 3.05) is 67.5 Å². The van der Waals surface area contributed by atoms with Crippen molar-refractivity contribution in [3.8, 4) is 0 Å². The van der Waals surface area contributed by atoms with Crippen LogP contribution in [0, 0.1) is 6.57 Å². The summed E-state index contributed by atoms with van der Waals surface area (Å²) in [5, 5.41) is 7.59. The Hall–Kier alpha value is -6.32. The van der Waals surface area contributed by atoms with Gasteiger partial charge in [-0.15, -0.1) is 0 Å². The van der Waals surface area contributed by atoms with Gasteiger partial charge in [0.15, 0.2) is 5.69 Å². The van der Waals surface area contributed by atoms with Crippen molar-refractivity contribution in [3.05, 3.63) is 94.3 Å². The molecule has 0 spiro atoms. The Morgan fingerprint density at radius 2 is 1.43 bits per heavy atom. The number of carbonyl (C=O) groups is 6. The Kier molecular flexibility index (Phi) is 11.0. The van der Waals surface area contributed by atoms with Crippen LogP contribution in [-0.4, -0.2) is 126 Å². The highest BCUT2D eigenvalue weighted by molar-refractivity contribution is 6.23. The van der Waals surface area contributed by atoms with Gasteiger partial charge in [-0.25, -0.2) is 4.85 Å². The number of imide groups is 2. The molecule has 3 aromatic rings. The summed E-state index contributed by atoms with van der Waals surface area (Å²) in [6, 6.07) is 15.5. The SMILES string of the molecule is [C-]#[N+]c1ccc(NC(=O)C2(NC(=O)c3ccc(N4CCC(N5CC(N6CCN(c7ccc8c(c7)C(=O)N(C7CCC(=O)NC7=O)C8=O)CC6)C5)CC4)cc3)CCC2)cc1C(F)(F)F. The van der Waals surface area contributed by atoms with Gasteiger partial charge in [-0.2, -0.15) is 13.2 Å². The predicted molar refractivity (Wildman–Crippen MR) is 224 cm³/mol. The number of hydrogen-bond donors (Lipinski definition) is 3. The molecule has 18 heteroatoms. The first kappa shape index (κ1) is 42.0. The van der Waals surface area contributed by atoms with Crippen molar-refractivity contribution < 1.29 is 41.9 Å². The number of nitrogens with one attached hydrogen (secondary N) is 3. The highest BCUT2D eigenvalue weighted by atomic mass is 19.4. The van der Waals surface area contributed by atoms with Gasteiger partial charge in [0.05, 0.1) is 23.3 Å². The monoisotopic (exact) mass is 865 g/mol. The molecule has 1 unspecified atom stereocenters. The number of halogens is 3. The Bertz CT molecular complexity index is 2410. The number of piperidine rings is 2. The second-order valence-corrected chi connectivity index (χ2v) is 17.3. The average molecular weight is 866 g/mol. The lowest BCUT2D eigenvalue weighted by molar-refractivity contribution is -0.137. The van der Waals surface area contributed by atoms with Crippen LogP contribution in [0.25, 0.3) is 4.85 Å². The lowest BCUT2D eigenvalue weighted by Gasteiger charge is -2.52. The van der Waals surface area contributed by atoms with Crippen LogP contribution in [0.5, 0.6) is 0 Å². The van der Waals surface area contributed by atoms with Gasteiger partial charge in [0, 0.05) is 93.5 Å². The van der Waals surface area contributed by atoms with Crippen LogP contribution in [0.4, 0.5) is 35.9 Å². The fourth-order valence-corrected chi connectivity index (χ4v) is 9.75. The predicted octanol–water partition coefficient (Wildman–Crippen LogP) is 4.42. The second-order valence-electron chi connectivity index (χ2n) is 17.3. The first-order chi connectivity index (χ1) is 30.2. The van der Waals surface area contributed by atoms with Gasteiger partial charge in [0.2, 0.25) is 17.7 Å². The molecular formula is C45H46F3N9O6. The van der Waals surface area contributed by atoms with Crippen molar-refractivity contribution in [2.24, 2.45) is 0 Å². The van der Waals surface area contributed by atoms with E-state index in [-0.39, 0.29) is 29.7 Å². The van der Waals surface area contributed by atoms with E-state index in [0.717, 1.165) is 93.6 Å². The van der Waals surface area contributed by atoms with Gasteiger partial charge in [-0.05, 0) is 93.1 Å².